The summed E-state index contributed by atoms with van der Waals surface area (Å²) in [5.41, 5.74) is -0.308. The van der Waals surface area contributed by atoms with Gasteiger partial charge in [0.2, 0.25) is 0 Å². The van der Waals surface area contributed by atoms with E-state index in [1.807, 2.05) is 13.8 Å². The molecule has 0 bridgehead atoms. The van der Waals surface area contributed by atoms with Gasteiger partial charge in [0.25, 0.3) is 0 Å². The summed E-state index contributed by atoms with van der Waals surface area (Å²) in [5, 5.41) is 17.1. The molecule has 2 atom stereocenters. The van der Waals surface area contributed by atoms with Crippen LogP contribution in [0.4, 0.5) is 0 Å². The molecule has 0 aromatic carbocycles. The molecule has 2 N–H and O–H groups in total. The highest BCUT2D eigenvalue weighted by Gasteiger charge is 2.60. The minimum Gasteiger partial charge on any atom is -0.481 e. The molecule has 1 rings (SSSR count). The molecule has 1 fully saturated rings. The van der Waals surface area contributed by atoms with Crippen LogP contribution < -0.4 is 0 Å². The van der Waals surface area contributed by atoms with E-state index in [1.165, 1.54) is 6.08 Å². The van der Waals surface area contributed by atoms with Crippen LogP contribution in [-0.4, -0.2) is 22.2 Å². The van der Waals surface area contributed by atoms with E-state index in [2.05, 4.69) is 0 Å². The topological polar surface area (TPSA) is 74.6 Å². The molecule has 1 aliphatic carbocycles. The molecular weight excluding hydrogens is 172 g/mol. The predicted molar refractivity (Wildman–Crippen MR) is 45.2 cm³/mol. The Hall–Kier alpha value is -1.32. The molecule has 0 heterocycles. The number of carboxylic acid groups (broad SMARTS) is 2. The lowest BCUT2D eigenvalue weighted by Gasteiger charge is -1.95. The fourth-order valence-electron chi connectivity index (χ4n) is 1.69. The second kappa shape index (κ2) is 2.87. The monoisotopic (exact) mass is 184 g/mol. The number of hydrogen-bond acceptors (Lipinski definition) is 2. The first-order chi connectivity index (χ1) is 5.87. The van der Waals surface area contributed by atoms with Gasteiger partial charge in [-0.15, -0.1) is 0 Å². The predicted octanol–water partition coefficient (Wildman–Crippen LogP) is 0.984. The quantitative estimate of drug-likeness (QED) is 0.641. The van der Waals surface area contributed by atoms with Crippen molar-refractivity contribution in [2.45, 2.75) is 13.8 Å². The van der Waals surface area contributed by atoms with E-state index in [-0.39, 0.29) is 11.3 Å². The van der Waals surface area contributed by atoms with Crippen molar-refractivity contribution in [3.63, 3.8) is 0 Å². The van der Waals surface area contributed by atoms with Crippen LogP contribution in [0, 0.1) is 17.3 Å². The van der Waals surface area contributed by atoms with E-state index in [4.69, 9.17) is 10.2 Å². The Labute approximate surface area is 75.9 Å². The normalized spacial score (nSPS) is 30.3. The Bertz CT molecular complexity index is 277. The van der Waals surface area contributed by atoms with Gasteiger partial charge in [0.05, 0.1) is 5.92 Å². The van der Waals surface area contributed by atoms with Gasteiger partial charge in [-0.05, 0) is 11.3 Å². The second-order valence-corrected chi connectivity index (χ2v) is 3.86. The Morgan fingerprint density at radius 2 is 1.85 bits per heavy atom. The first kappa shape index (κ1) is 9.77. The molecule has 72 valence electrons. The molecule has 0 saturated heterocycles. The first-order valence-corrected chi connectivity index (χ1v) is 4.01. The highest BCUT2D eigenvalue weighted by atomic mass is 16.4. The van der Waals surface area contributed by atoms with Gasteiger partial charge in [-0.1, -0.05) is 19.9 Å². The number of allylic oxidation sites excluding steroid dienone is 1. The molecule has 0 radical (unpaired) electrons. The summed E-state index contributed by atoms with van der Waals surface area (Å²) in [7, 11) is 0. The maximum Gasteiger partial charge on any atom is 0.327 e. The van der Waals surface area contributed by atoms with Crippen LogP contribution in [0.1, 0.15) is 13.8 Å². The minimum absolute atomic E-state index is 0.152. The summed E-state index contributed by atoms with van der Waals surface area (Å²) < 4.78 is 0. The third-order valence-corrected chi connectivity index (χ3v) is 2.62. The first-order valence-electron chi connectivity index (χ1n) is 4.01. The summed E-state index contributed by atoms with van der Waals surface area (Å²) in [6.45, 7) is 3.64. The molecule has 4 nitrogen and oxygen atoms in total. The smallest absolute Gasteiger partial charge is 0.327 e. The van der Waals surface area contributed by atoms with Gasteiger partial charge in [0.1, 0.15) is 0 Å². The van der Waals surface area contributed by atoms with Crippen molar-refractivity contribution in [1.29, 1.82) is 0 Å². The van der Waals surface area contributed by atoms with Crippen molar-refractivity contribution in [2.24, 2.45) is 17.3 Å². The molecule has 13 heavy (non-hydrogen) atoms. The van der Waals surface area contributed by atoms with E-state index >= 15 is 0 Å². The Morgan fingerprint density at radius 3 is 2.15 bits per heavy atom. The van der Waals surface area contributed by atoms with E-state index in [0.29, 0.717) is 0 Å². The van der Waals surface area contributed by atoms with Gasteiger partial charge in [0, 0.05) is 6.08 Å². The van der Waals surface area contributed by atoms with Crippen molar-refractivity contribution >= 4 is 11.9 Å². The van der Waals surface area contributed by atoms with Crippen LogP contribution >= 0.6 is 0 Å². The minimum atomic E-state index is -1.04. The van der Waals surface area contributed by atoms with Crippen LogP contribution in [0.2, 0.25) is 0 Å². The summed E-state index contributed by atoms with van der Waals surface area (Å²) in [6, 6.07) is 0. The van der Waals surface area contributed by atoms with Gasteiger partial charge in [-0.25, -0.2) is 4.79 Å². The molecule has 1 aliphatic rings. The Morgan fingerprint density at radius 1 is 1.31 bits per heavy atom. The molecule has 0 aliphatic heterocycles. The molecule has 0 aromatic rings. The van der Waals surface area contributed by atoms with Crippen molar-refractivity contribution in [2.75, 3.05) is 0 Å². The maximum absolute atomic E-state index is 10.7. The standard InChI is InChI=1S/C9H12O4/c1-9(2)5(3-4-6(10)11)7(9)8(12)13/h3-5,7H,1-2H3,(H,10,11)(H,12,13)/b4-3+/t5-,7-/m0/s1. The van der Waals surface area contributed by atoms with Crippen molar-refractivity contribution in [3.05, 3.63) is 12.2 Å². The largest absolute Gasteiger partial charge is 0.481 e. The zero-order valence-electron chi connectivity index (χ0n) is 7.52. The maximum atomic E-state index is 10.7. The molecule has 0 unspecified atom stereocenters. The van der Waals surface area contributed by atoms with E-state index in [0.717, 1.165) is 6.08 Å². The molecule has 1 saturated carbocycles. The van der Waals surface area contributed by atoms with Gasteiger partial charge in [-0.2, -0.15) is 0 Å². The lowest BCUT2D eigenvalue weighted by Crippen LogP contribution is -2.03. The Balaban J connectivity index is 2.66. The number of carbonyl (C=O) groups is 2. The lowest BCUT2D eigenvalue weighted by atomic mass is 10.1. The van der Waals surface area contributed by atoms with Crippen LogP contribution in [0.25, 0.3) is 0 Å². The van der Waals surface area contributed by atoms with Gasteiger partial charge in [0.15, 0.2) is 0 Å². The van der Waals surface area contributed by atoms with Gasteiger partial charge in [-0.3, -0.25) is 4.79 Å². The van der Waals surface area contributed by atoms with E-state index in [1.54, 1.807) is 0 Å². The molecule has 0 aromatic heterocycles. The van der Waals surface area contributed by atoms with Gasteiger partial charge >= 0.3 is 11.9 Å². The molecule has 0 amide bonds. The third kappa shape index (κ3) is 1.71. The van der Waals surface area contributed by atoms with Crippen molar-refractivity contribution in [1.82, 2.24) is 0 Å². The summed E-state index contributed by atoms with van der Waals surface area (Å²) in [4.78, 5) is 20.8. The summed E-state index contributed by atoms with van der Waals surface area (Å²) in [5.74, 6) is -2.49. The molecule has 0 spiro atoms. The molecular formula is C9H12O4. The summed E-state index contributed by atoms with van der Waals surface area (Å²) >= 11 is 0. The van der Waals surface area contributed by atoms with Crippen molar-refractivity contribution < 1.29 is 19.8 Å². The highest BCUT2D eigenvalue weighted by molar-refractivity contribution is 5.81. The zero-order chi connectivity index (χ0) is 10.2. The van der Waals surface area contributed by atoms with Crippen LogP contribution in [-0.2, 0) is 9.59 Å². The van der Waals surface area contributed by atoms with Crippen LogP contribution in [0.5, 0.6) is 0 Å². The van der Waals surface area contributed by atoms with Crippen LogP contribution in [0.3, 0.4) is 0 Å². The average Bonchev–Trinajstić information content (AvgIpc) is 2.48. The Kier molecular flexibility index (Phi) is 2.15. The fraction of sp³-hybridized carbons (Fsp3) is 0.556. The average molecular weight is 184 g/mol. The van der Waals surface area contributed by atoms with E-state index < -0.39 is 17.9 Å². The SMILES string of the molecule is CC1(C)[C@H](C(=O)O)[C@@H]1/C=C/C(=O)O. The third-order valence-electron chi connectivity index (χ3n) is 2.62. The summed E-state index contributed by atoms with van der Waals surface area (Å²) in [6.07, 6.45) is 2.47. The van der Waals surface area contributed by atoms with Gasteiger partial charge < -0.3 is 10.2 Å². The fourth-order valence-corrected chi connectivity index (χ4v) is 1.69. The number of hydrogen-bond donors (Lipinski definition) is 2. The van der Waals surface area contributed by atoms with Crippen LogP contribution in [0.15, 0.2) is 12.2 Å². The molecule has 4 heteroatoms. The van der Waals surface area contributed by atoms with E-state index in [9.17, 15) is 9.59 Å². The second-order valence-electron chi connectivity index (χ2n) is 3.86. The zero-order valence-corrected chi connectivity index (χ0v) is 7.52. The van der Waals surface area contributed by atoms with Crippen molar-refractivity contribution in [3.8, 4) is 0 Å². The lowest BCUT2D eigenvalue weighted by molar-refractivity contribution is -0.139. The number of carboxylic acids is 2. The number of rotatable bonds is 3. The number of aliphatic carboxylic acids is 2. The highest BCUT2D eigenvalue weighted by Crippen LogP contribution is 2.58.